The van der Waals surface area contributed by atoms with Gasteiger partial charge in [0.1, 0.15) is 6.10 Å². The first-order valence-corrected chi connectivity index (χ1v) is 8.81. The molecule has 3 nitrogen and oxygen atoms in total. The van der Waals surface area contributed by atoms with Crippen LogP contribution in [0.2, 0.25) is 5.02 Å². The highest BCUT2D eigenvalue weighted by Crippen LogP contribution is 2.31. The summed E-state index contributed by atoms with van der Waals surface area (Å²) in [6, 6.07) is 21.4. The summed E-state index contributed by atoms with van der Waals surface area (Å²) >= 11 is 9.45. The van der Waals surface area contributed by atoms with Gasteiger partial charge in [-0.3, -0.25) is 4.79 Å². The van der Waals surface area contributed by atoms with Gasteiger partial charge in [0.25, 0.3) is 5.91 Å². The number of aliphatic hydroxyl groups excluding tert-OH is 1. The molecule has 0 spiro atoms. The highest BCUT2D eigenvalue weighted by atomic mass is 79.9. The van der Waals surface area contributed by atoms with E-state index in [0.717, 1.165) is 10.0 Å². The van der Waals surface area contributed by atoms with Crippen LogP contribution >= 0.6 is 27.5 Å². The molecule has 3 rings (SSSR count). The van der Waals surface area contributed by atoms with Crippen molar-refractivity contribution < 1.29 is 9.90 Å². The van der Waals surface area contributed by atoms with Crippen molar-refractivity contribution in [2.45, 2.75) is 6.10 Å². The Kier molecular flexibility index (Phi) is 5.53. The van der Waals surface area contributed by atoms with E-state index in [1.165, 1.54) is 0 Å². The van der Waals surface area contributed by atoms with Crippen molar-refractivity contribution >= 4 is 39.1 Å². The van der Waals surface area contributed by atoms with Crippen molar-refractivity contribution in [3.8, 4) is 0 Å². The van der Waals surface area contributed by atoms with E-state index in [9.17, 15) is 9.90 Å². The van der Waals surface area contributed by atoms with Gasteiger partial charge in [0, 0.05) is 26.3 Å². The van der Waals surface area contributed by atoms with E-state index in [2.05, 4.69) is 21.2 Å². The second kappa shape index (κ2) is 7.83. The molecule has 3 aromatic rings. The zero-order chi connectivity index (χ0) is 17.8. The van der Waals surface area contributed by atoms with Gasteiger partial charge in [0.15, 0.2) is 0 Å². The van der Waals surface area contributed by atoms with E-state index in [1.54, 1.807) is 36.4 Å². The summed E-state index contributed by atoms with van der Waals surface area (Å²) in [6.45, 7) is 0. The molecule has 1 amide bonds. The third kappa shape index (κ3) is 4.28. The molecule has 5 heteroatoms. The molecule has 0 fully saturated rings. The number of hydrogen-bond acceptors (Lipinski definition) is 2. The van der Waals surface area contributed by atoms with E-state index in [0.29, 0.717) is 21.8 Å². The van der Waals surface area contributed by atoms with Crippen LogP contribution in [0.5, 0.6) is 0 Å². The maximum atomic E-state index is 12.5. The number of nitrogens with one attached hydrogen (secondary N) is 1. The Bertz CT molecular complexity index is 899. The van der Waals surface area contributed by atoms with Gasteiger partial charge in [-0.1, -0.05) is 63.9 Å². The average Bonchev–Trinajstić information content (AvgIpc) is 2.63. The third-order valence-electron chi connectivity index (χ3n) is 3.76. The molecule has 0 saturated heterocycles. The standard InChI is InChI=1S/C20H15BrClNO2/c21-15-8-4-7-14(11-15)20(25)23-18-10-9-16(22)12-17(18)19(24)13-5-2-1-3-6-13/h1-12,19,24H,(H,23,25)/t19-/m0/s1. The third-order valence-corrected chi connectivity index (χ3v) is 4.49. The summed E-state index contributed by atoms with van der Waals surface area (Å²) in [6.07, 6.45) is -0.891. The van der Waals surface area contributed by atoms with Gasteiger partial charge in [0.05, 0.1) is 0 Å². The monoisotopic (exact) mass is 415 g/mol. The fraction of sp³-hybridized carbons (Fsp3) is 0.0500. The van der Waals surface area contributed by atoms with E-state index in [1.807, 2.05) is 36.4 Å². The lowest BCUT2D eigenvalue weighted by molar-refractivity contribution is 0.102. The predicted octanol–water partition coefficient (Wildman–Crippen LogP) is 5.44. The molecule has 0 bridgehead atoms. The fourth-order valence-electron chi connectivity index (χ4n) is 2.51. The van der Waals surface area contributed by atoms with Crippen molar-refractivity contribution in [1.29, 1.82) is 0 Å². The summed E-state index contributed by atoms with van der Waals surface area (Å²) in [5.74, 6) is -0.259. The lowest BCUT2D eigenvalue weighted by Gasteiger charge is -2.17. The summed E-state index contributed by atoms with van der Waals surface area (Å²) in [5.41, 5.74) is 2.31. The molecule has 1 atom stereocenters. The maximum absolute atomic E-state index is 12.5. The van der Waals surface area contributed by atoms with Crippen molar-refractivity contribution in [3.63, 3.8) is 0 Å². The SMILES string of the molecule is O=C(Nc1ccc(Cl)cc1[C@@H](O)c1ccccc1)c1cccc(Br)c1. The molecule has 0 saturated carbocycles. The number of aliphatic hydroxyl groups is 1. The molecule has 0 unspecified atom stereocenters. The number of carbonyl (C=O) groups excluding carboxylic acids is 1. The number of amides is 1. The zero-order valence-corrected chi connectivity index (χ0v) is 15.5. The van der Waals surface area contributed by atoms with Crippen LogP contribution in [0.15, 0.2) is 77.3 Å². The van der Waals surface area contributed by atoms with Gasteiger partial charge < -0.3 is 10.4 Å². The van der Waals surface area contributed by atoms with Gasteiger partial charge in [0.2, 0.25) is 0 Å². The van der Waals surface area contributed by atoms with Crippen molar-refractivity contribution in [1.82, 2.24) is 0 Å². The van der Waals surface area contributed by atoms with E-state index >= 15 is 0 Å². The molecule has 2 N–H and O–H groups in total. The minimum Gasteiger partial charge on any atom is -0.384 e. The highest BCUT2D eigenvalue weighted by molar-refractivity contribution is 9.10. The van der Waals surface area contributed by atoms with Crippen LogP contribution in [0, 0.1) is 0 Å². The van der Waals surface area contributed by atoms with Crippen molar-refractivity contribution in [3.05, 3.63) is 99.0 Å². The Labute approximate surface area is 159 Å². The first-order chi connectivity index (χ1) is 12.0. The quantitative estimate of drug-likeness (QED) is 0.595. The Morgan fingerprint density at radius 3 is 2.48 bits per heavy atom. The number of halogens is 2. The highest BCUT2D eigenvalue weighted by Gasteiger charge is 2.17. The molecule has 0 heterocycles. The minimum atomic E-state index is -0.891. The molecule has 0 aliphatic rings. The molecule has 25 heavy (non-hydrogen) atoms. The molecular weight excluding hydrogens is 402 g/mol. The smallest absolute Gasteiger partial charge is 0.255 e. The molecule has 0 aromatic heterocycles. The van der Waals surface area contributed by atoms with Crippen LogP contribution in [-0.4, -0.2) is 11.0 Å². The average molecular weight is 417 g/mol. The number of rotatable bonds is 4. The number of benzene rings is 3. The Morgan fingerprint density at radius 2 is 1.76 bits per heavy atom. The van der Waals surface area contributed by atoms with Crippen molar-refractivity contribution in [2.75, 3.05) is 5.32 Å². The van der Waals surface area contributed by atoms with Crippen LogP contribution in [0.4, 0.5) is 5.69 Å². The van der Waals surface area contributed by atoms with Crippen LogP contribution in [0.25, 0.3) is 0 Å². The molecule has 0 aliphatic carbocycles. The summed E-state index contributed by atoms with van der Waals surface area (Å²) in [7, 11) is 0. The van der Waals surface area contributed by atoms with Crippen LogP contribution in [0.1, 0.15) is 27.6 Å². The largest absolute Gasteiger partial charge is 0.384 e. The first kappa shape index (κ1) is 17.7. The Hall–Kier alpha value is -2.14. The minimum absolute atomic E-state index is 0.259. The lowest BCUT2D eigenvalue weighted by atomic mass is 9.99. The Morgan fingerprint density at radius 1 is 1.00 bits per heavy atom. The number of hydrogen-bond donors (Lipinski definition) is 2. The predicted molar refractivity (Wildman–Crippen MR) is 104 cm³/mol. The molecule has 0 radical (unpaired) electrons. The number of anilines is 1. The van der Waals surface area contributed by atoms with Crippen LogP contribution in [0.3, 0.4) is 0 Å². The van der Waals surface area contributed by atoms with Gasteiger partial charge >= 0.3 is 0 Å². The number of carbonyl (C=O) groups is 1. The van der Waals surface area contributed by atoms with Gasteiger partial charge in [-0.15, -0.1) is 0 Å². The van der Waals surface area contributed by atoms with E-state index in [4.69, 9.17) is 11.6 Å². The van der Waals surface area contributed by atoms with E-state index < -0.39 is 6.10 Å². The van der Waals surface area contributed by atoms with Crippen molar-refractivity contribution in [2.24, 2.45) is 0 Å². The second-order valence-corrected chi connectivity index (χ2v) is 6.86. The van der Waals surface area contributed by atoms with Crippen LogP contribution < -0.4 is 5.32 Å². The first-order valence-electron chi connectivity index (χ1n) is 7.64. The molecule has 3 aromatic carbocycles. The van der Waals surface area contributed by atoms with Crippen LogP contribution in [-0.2, 0) is 0 Å². The summed E-state index contributed by atoms with van der Waals surface area (Å²) in [5, 5.41) is 14.1. The van der Waals surface area contributed by atoms with Gasteiger partial charge in [-0.25, -0.2) is 0 Å². The summed E-state index contributed by atoms with van der Waals surface area (Å²) in [4.78, 5) is 12.5. The Balaban J connectivity index is 1.93. The fourth-order valence-corrected chi connectivity index (χ4v) is 3.09. The zero-order valence-electron chi connectivity index (χ0n) is 13.1. The second-order valence-electron chi connectivity index (χ2n) is 5.51. The topological polar surface area (TPSA) is 49.3 Å². The van der Waals surface area contributed by atoms with E-state index in [-0.39, 0.29) is 5.91 Å². The normalized spacial score (nSPS) is 11.8. The van der Waals surface area contributed by atoms with Gasteiger partial charge in [-0.2, -0.15) is 0 Å². The molecule has 126 valence electrons. The lowest BCUT2D eigenvalue weighted by Crippen LogP contribution is -2.14. The molecule has 0 aliphatic heterocycles. The molecular formula is C20H15BrClNO2. The van der Waals surface area contributed by atoms with Gasteiger partial charge in [-0.05, 0) is 42.0 Å². The maximum Gasteiger partial charge on any atom is 0.255 e. The summed E-state index contributed by atoms with van der Waals surface area (Å²) < 4.78 is 0.820.